The van der Waals surface area contributed by atoms with Crippen molar-refractivity contribution in [1.29, 1.82) is 0 Å². The topological polar surface area (TPSA) is 39.4 Å². The van der Waals surface area contributed by atoms with E-state index in [-0.39, 0.29) is 5.57 Å². The molecule has 0 bridgehead atoms. The number of nitrogens with zero attached hydrogens (tertiary/aromatic N) is 1. The Bertz CT molecular complexity index is 297. The van der Waals surface area contributed by atoms with E-state index >= 15 is 0 Å². The molecule has 0 N–H and O–H groups in total. The first-order valence-electron chi connectivity index (χ1n) is 3.16. The molecule has 0 saturated heterocycles. The van der Waals surface area contributed by atoms with Crippen LogP contribution in [0.3, 0.4) is 0 Å². The van der Waals surface area contributed by atoms with Crippen molar-refractivity contribution in [3.05, 3.63) is 41.3 Å². The first-order chi connectivity index (χ1) is 5.38. The average molecular weight is 144 g/mol. The SMILES string of the molecule is [N-]=C=C(C=O)c1ccccc1. The highest BCUT2D eigenvalue weighted by Crippen LogP contribution is 2.06. The Balaban J connectivity index is 3.11. The van der Waals surface area contributed by atoms with Crippen molar-refractivity contribution in [2.24, 2.45) is 0 Å². The number of carbonyl (C=O) groups excluding carboxylic acids is 1. The van der Waals surface area contributed by atoms with Crippen LogP contribution in [0.5, 0.6) is 0 Å². The summed E-state index contributed by atoms with van der Waals surface area (Å²) in [6.45, 7) is 0. The van der Waals surface area contributed by atoms with Gasteiger partial charge in [-0.25, -0.2) is 0 Å². The molecule has 0 atom stereocenters. The predicted octanol–water partition coefficient (Wildman–Crippen LogP) is 1.51. The average Bonchev–Trinajstić information content (AvgIpc) is 2.09. The number of benzene rings is 1. The molecule has 0 aliphatic heterocycles. The molecule has 2 nitrogen and oxygen atoms in total. The van der Waals surface area contributed by atoms with E-state index in [1.54, 1.807) is 24.3 Å². The summed E-state index contributed by atoms with van der Waals surface area (Å²) in [5.74, 6) is 1.82. The maximum atomic E-state index is 10.3. The van der Waals surface area contributed by atoms with E-state index in [1.807, 2.05) is 11.9 Å². The highest BCUT2D eigenvalue weighted by molar-refractivity contribution is 6.19. The number of aldehydes is 1. The molecule has 0 heterocycles. The smallest absolute Gasteiger partial charge is 0.156 e. The first-order valence-corrected chi connectivity index (χ1v) is 3.16. The van der Waals surface area contributed by atoms with Gasteiger partial charge in [0, 0.05) is 5.57 Å². The molecule has 1 aromatic rings. The van der Waals surface area contributed by atoms with Crippen LogP contribution in [-0.2, 0) is 4.79 Å². The van der Waals surface area contributed by atoms with Gasteiger partial charge in [0.05, 0.1) is 0 Å². The lowest BCUT2D eigenvalue weighted by Gasteiger charge is -1.95. The summed E-state index contributed by atoms with van der Waals surface area (Å²) in [7, 11) is 0. The van der Waals surface area contributed by atoms with Crippen molar-refractivity contribution in [1.82, 2.24) is 0 Å². The Labute approximate surface area is 64.7 Å². The quantitative estimate of drug-likeness (QED) is 0.352. The van der Waals surface area contributed by atoms with Crippen LogP contribution in [0.15, 0.2) is 30.3 Å². The number of hydrogen-bond donors (Lipinski definition) is 0. The van der Waals surface area contributed by atoms with Crippen LogP contribution in [0.2, 0.25) is 0 Å². The first kappa shape index (κ1) is 7.45. The molecular weight excluding hydrogens is 138 g/mol. The molecule has 0 aromatic heterocycles. The van der Waals surface area contributed by atoms with Gasteiger partial charge >= 0.3 is 0 Å². The molecule has 1 rings (SSSR count). The second-order valence-corrected chi connectivity index (χ2v) is 2.01. The summed E-state index contributed by atoms with van der Waals surface area (Å²) < 4.78 is 0. The molecule has 1 aromatic carbocycles. The van der Waals surface area contributed by atoms with E-state index in [4.69, 9.17) is 5.41 Å². The Morgan fingerprint density at radius 3 is 2.45 bits per heavy atom. The van der Waals surface area contributed by atoms with Crippen LogP contribution in [0, 0.1) is 0 Å². The summed E-state index contributed by atoms with van der Waals surface area (Å²) in [6.07, 6.45) is 0.565. The number of rotatable bonds is 2. The minimum Gasteiger partial charge on any atom is -0.763 e. The van der Waals surface area contributed by atoms with Crippen molar-refractivity contribution in [3.63, 3.8) is 0 Å². The van der Waals surface area contributed by atoms with Crippen molar-refractivity contribution >= 4 is 17.7 Å². The Morgan fingerprint density at radius 2 is 2.00 bits per heavy atom. The third-order valence-electron chi connectivity index (χ3n) is 1.32. The third-order valence-corrected chi connectivity index (χ3v) is 1.32. The van der Waals surface area contributed by atoms with Gasteiger partial charge in [-0.15, -0.1) is 0 Å². The van der Waals surface area contributed by atoms with Gasteiger partial charge in [0.1, 0.15) is 0 Å². The van der Waals surface area contributed by atoms with Crippen LogP contribution in [0.25, 0.3) is 11.0 Å². The lowest BCUT2D eigenvalue weighted by Crippen LogP contribution is -1.83. The number of hydrogen-bond acceptors (Lipinski definition) is 1. The highest BCUT2D eigenvalue weighted by atomic mass is 16.1. The van der Waals surface area contributed by atoms with Gasteiger partial charge in [0.25, 0.3) is 0 Å². The van der Waals surface area contributed by atoms with Crippen LogP contribution >= 0.6 is 0 Å². The Kier molecular flexibility index (Phi) is 2.37. The van der Waals surface area contributed by atoms with Gasteiger partial charge in [0.15, 0.2) is 6.29 Å². The van der Waals surface area contributed by atoms with Crippen molar-refractivity contribution < 1.29 is 4.79 Å². The fraction of sp³-hybridized carbons (Fsp3) is 0. The number of allylic oxidation sites excluding steroid dienone is 1. The van der Waals surface area contributed by atoms with Crippen molar-refractivity contribution in [2.45, 2.75) is 0 Å². The fourth-order valence-corrected chi connectivity index (χ4v) is 0.777. The summed E-state index contributed by atoms with van der Waals surface area (Å²) in [5, 5.41) is 8.46. The Morgan fingerprint density at radius 1 is 1.36 bits per heavy atom. The zero-order valence-corrected chi connectivity index (χ0v) is 5.82. The lowest BCUT2D eigenvalue weighted by atomic mass is 10.1. The molecule has 0 unspecified atom stereocenters. The fourth-order valence-electron chi connectivity index (χ4n) is 0.777. The van der Waals surface area contributed by atoms with E-state index in [0.717, 1.165) is 0 Å². The third kappa shape index (κ3) is 1.63. The summed E-state index contributed by atoms with van der Waals surface area (Å²) >= 11 is 0. The monoisotopic (exact) mass is 144 g/mol. The van der Waals surface area contributed by atoms with Gasteiger partial charge in [-0.1, -0.05) is 30.3 Å². The molecule has 0 saturated carbocycles. The highest BCUT2D eigenvalue weighted by Gasteiger charge is 1.93. The van der Waals surface area contributed by atoms with Gasteiger partial charge in [-0.3, -0.25) is 10.7 Å². The summed E-state index contributed by atoms with van der Waals surface area (Å²) in [6, 6.07) is 8.87. The second-order valence-electron chi connectivity index (χ2n) is 2.01. The van der Waals surface area contributed by atoms with Crippen LogP contribution in [0.4, 0.5) is 0 Å². The summed E-state index contributed by atoms with van der Waals surface area (Å²) in [4.78, 5) is 10.3. The van der Waals surface area contributed by atoms with Crippen LogP contribution < -0.4 is 0 Å². The maximum Gasteiger partial charge on any atom is 0.156 e. The number of carbonyl (C=O) groups is 1. The minimum absolute atomic E-state index is 0.172. The lowest BCUT2D eigenvalue weighted by molar-refractivity contribution is -0.103. The van der Waals surface area contributed by atoms with Crippen molar-refractivity contribution in [2.75, 3.05) is 0 Å². The zero-order chi connectivity index (χ0) is 8.10. The van der Waals surface area contributed by atoms with Crippen LogP contribution in [0.1, 0.15) is 5.56 Å². The minimum atomic E-state index is 0.172. The van der Waals surface area contributed by atoms with E-state index in [1.165, 1.54) is 0 Å². The van der Waals surface area contributed by atoms with E-state index in [9.17, 15) is 4.79 Å². The van der Waals surface area contributed by atoms with E-state index in [2.05, 4.69) is 0 Å². The van der Waals surface area contributed by atoms with Gasteiger partial charge in [-0.05, 0) is 5.56 Å². The van der Waals surface area contributed by atoms with Crippen LogP contribution in [-0.4, -0.2) is 12.2 Å². The molecule has 0 fully saturated rings. The van der Waals surface area contributed by atoms with Gasteiger partial charge in [0.2, 0.25) is 0 Å². The predicted molar refractivity (Wildman–Crippen MR) is 44.3 cm³/mol. The molecule has 0 aliphatic rings. The van der Waals surface area contributed by atoms with Gasteiger partial charge in [-0.2, -0.15) is 0 Å². The molecule has 54 valence electrons. The largest absolute Gasteiger partial charge is 0.763 e. The van der Waals surface area contributed by atoms with E-state index in [0.29, 0.717) is 11.8 Å². The zero-order valence-electron chi connectivity index (χ0n) is 5.82. The molecular formula is C9H6NO-. The van der Waals surface area contributed by atoms with Crippen molar-refractivity contribution in [3.8, 4) is 0 Å². The molecule has 11 heavy (non-hydrogen) atoms. The molecule has 0 aliphatic carbocycles. The second kappa shape index (κ2) is 3.49. The standard InChI is InChI=1S/C9H6NO/c10-6-9(7-11)8-4-2-1-3-5-8/h1-5,7H/q-1. The molecule has 0 spiro atoms. The Hall–Kier alpha value is -1.66. The molecule has 0 amide bonds. The summed E-state index contributed by atoms with van der Waals surface area (Å²) in [5.41, 5.74) is 0.843. The molecule has 2 heteroatoms. The maximum absolute atomic E-state index is 10.3. The molecule has 0 radical (unpaired) electrons. The van der Waals surface area contributed by atoms with E-state index < -0.39 is 0 Å². The normalized spacial score (nSPS) is 8.36. The van der Waals surface area contributed by atoms with Gasteiger partial charge < -0.3 is 5.41 Å².